The number of aliphatic hydroxyl groups excluding tert-OH is 1. The molecule has 3 heteroatoms. The third-order valence-electron chi connectivity index (χ3n) is 3.23. The SMILES string of the molecule is COCCN(c1ccc([C@@H](C)O)cc1)C1CC1. The molecule has 3 nitrogen and oxygen atoms in total. The number of nitrogens with zero attached hydrogens (tertiary/aromatic N) is 1. The summed E-state index contributed by atoms with van der Waals surface area (Å²) in [6.07, 6.45) is 2.17. The van der Waals surface area contributed by atoms with E-state index in [0.29, 0.717) is 6.04 Å². The lowest BCUT2D eigenvalue weighted by Crippen LogP contribution is -2.29. The lowest BCUT2D eigenvalue weighted by Gasteiger charge is -2.24. The lowest BCUT2D eigenvalue weighted by molar-refractivity contribution is 0.199. The van der Waals surface area contributed by atoms with Crippen LogP contribution in [0.1, 0.15) is 31.4 Å². The van der Waals surface area contributed by atoms with Gasteiger partial charge in [-0.1, -0.05) is 12.1 Å². The van der Waals surface area contributed by atoms with Crippen LogP contribution < -0.4 is 4.90 Å². The van der Waals surface area contributed by atoms with E-state index in [2.05, 4.69) is 17.0 Å². The molecule has 1 aromatic rings. The van der Waals surface area contributed by atoms with Crippen LogP contribution in [-0.2, 0) is 4.74 Å². The molecule has 0 saturated heterocycles. The zero-order valence-corrected chi connectivity index (χ0v) is 10.6. The molecule has 1 aliphatic rings. The van der Waals surface area contributed by atoms with Crippen molar-refractivity contribution in [3.05, 3.63) is 29.8 Å². The molecule has 17 heavy (non-hydrogen) atoms. The fraction of sp³-hybridized carbons (Fsp3) is 0.571. The third-order valence-corrected chi connectivity index (χ3v) is 3.23. The zero-order valence-electron chi connectivity index (χ0n) is 10.6. The molecule has 1 N–H and O–H groups in total. The maximum Gasteiger partial charge on any atom is 0.0761 e. The summed E-state index contributed by atoms with van der Waals surface area (Å²) in [5, 5.41) is 9.48. The predicted molar refractivity (Wildman–Crippen MR) is 69.3 cm³/mol. The van der Waals surface area contributed by atoms with E-state index in [1.54, 1.807) is 14.0 Å². The second-order valence-corrected chi connectivity index (χ2v) is 4.68. The summed E-state index contributed by atoms with van der Waals surface area (Å²) >= 11 is 0. The number of anilines is 1. The van der Waals surface area contributed by atoms with Crippen molar-refractivity contribution in [3.63, 3.8) is 0 Å². The van der Waals surface area contributed by atoms with Gasteiger partial charge in [0, 0.05) is 25.4 Å². The second kappa shape index (κ2) is 5.52. The highest BCUT2D eigenvalue weighted by atomic mass is 16.5. The van der Waals surface area contributed by atoms with Gasteiger partial charge < -0.3 is 14.7 Å². The number of ether oxygens (including phenoxy) is 1. The minimum Gasteiger partial charge on any atom is -0.389 e. The Kier molecular flexibility index (Phi) is 4.02. The van der Waals surface area contributed by atoms with Gasteiger partial charge in [0.25, 0.3) is 0 Å². The highest BCUT2D eigenvalue weighted by Crippen LogP contribution is 2.31. The van der Waals surface area contributed by atoms with Crippen LogP contribution in [0.15, 0.2) is 24.3 Å². The summed E-state index contributed by atoms with van der Waals surface area (Å²) in [6.45, 7) is 3.49. The fourth-order valence-corrected chi connectivity index (χ4v) is 2.04. The van der Waals surface area contributed by atoms with E-state index >= 15 is 0 Å². The summed E-state index contributed by atoms with van der Waals surface area (Å²) in [4.78, 5) is 2.40. The predicted octanol–water partition coefficient (Wildman–Crippen LogP) is 2.36. The van der Waals surface area contributed by atoms with Crippen LogP contribution in [0.4, 0.5) is 5.69 Å². The third kappa shape index (κ3) is 3.20. The average molecular weight is 235 g/mol. The first-order valence-electron chi connectivity index (χ1n) is 6.26. The van der Waals surface area contributed by atoms with Gasteiger partial charge in [-0.25, -0.2) is 0 Å². The minimum atomic E-state index is -0.391. The molecule has 0 aliphatic heterocycles. The molecule has 1 fully saturated rings. The van der Waals surface area contributed by atoms with Gasteiger partial charge in [-0.3, -0.25) is 0 Å². The van der Waals surface area contributed by atoms with Crippen LogP contribution in [0.25, 0.3) is 0 Å². The Morgan fingerprint density at radius 3 is 2.47 bits per heavy atom. The molecular formula is C14H21NO2. The summed E-state index contributed by atoms with van der Waals surface area (Å²) < 4.78 is 5.15. The Balaban J connectivity index is 2.07. The molecule has 1 atom stereocenters. The van der Waals surface area contributed by atoms with E-state index < -0.39 is 6.10 Å². The maximum absolute atomic E-state index is 9.48. The van der Waals surface area contributed by atoms with E-state index in [-0.39, 0.29) is 0 Å². The van der Waals surface area contributed by atoms with Crippen molar-refractivity contribution in [2.75, 3.05) is 25.2 Å². The number of hydrogen-bond donors (Lipinski definition) is 1. The van der Waals surface area contributed by atoms with Crippen molar-refractivity contribution >= 4 is 5.69 Å². The summed E-state index contributed by atoms with van der Waals surface area (Å²) in [7, 11) is 1.74. The molecule has 1 aliphatic carbocycles. The Morgan fingerprint density at radius 2 is 2.00 bits per heavy atom. The molecule has 0 unspecified atom stereocenters. The monoisotopic (exact) mass is 235 g/mol. The first-order valence-corrected chi connectivity index (χ1v) is 6.26. The molecule has 0 bridgehead atoms. The van der Waals surface area contributed by atoms with E-state index in [4.69, 9.17) is 4.74 Å². The van der Waals surface area contributed by atoms with Gasteiger partial charge in [-0.2, -0.15) is 0 Å². The lowest BCUT2D eigenvalue weighted by atomic mass is 10.1. The van der Waals surface area contributed by atoms with Crippen LogP contribution >= 0.6 is 0 Å². The first-order chi connectivity index (χ1) is 8.22. The van der Waals surface area contributed by atoms with Crippen LogP contribution in [0.3, 0.4) is 0 Å². The van der Waals surface area contributed by atoms with Gasteiger partial charge in [0.05, 0.1) is 12.7 Å². The van der Waals surface area contributed by atoms with Crippen molar-refractivity contribution in [3.8, 4) is 0 Å². The van der Waals surface area contributed by atoms with Gasteiger partial charge in [0.1, 0.15) is 0 Å². The molecule has 1 aromatic carbocycles. The number of aliphatic hydroxyl groups is 1. The second-order valence-electron chi connectivity index (χ2n) is 4.68. The van der Waals surface area contributed by atoms with Crippen molar-refractivity contribution in [1.29, 1.82) is 0 Å². The summed E-state index contributed by atoms with van der Waals surface area (Å²) in [5.41, 5.74) is 2.20. The topological polar surface area (TPSA) is 32.7 Å². The van der Waals surface area contributed by atoms with Crippen molar-refractivity contribution in [2.24, 2.45) is 0 Å². The molecular weight excluding hydrogens is 214 g/mol. The normalized spacial score (nSPS) is 16.9. The highest BCUT2D eigenvalue weighted by Gasteiger charge is 2.28. The number of benzene rings is 1. The van der Waals surface area contributed by atoms with Crippen molar-refractivity contribution < 1.29 is 9.84 Å². The van der Waals surface area contributed by atoms with E-state index in [9.17, 15) is 5.11 Å². The summed E-state index contributed by atoms with van der Waals surface area (Å²) in [5.74, 6) is 0. The van der Waals surface area contributed by atoms with Gasteiger partial charge in [0.2, 0.25) is 0 Å². The molecule has 0 heterocycles. The molecule has 0 radical (unpaired) electrons. The van der Waals surface area contributed by atoms with E-state index in [0.717, 1.165) is 18.7 Å². The summed E-state index contributed by atoms with van der Waals surface area (Å²) in [6, 6.07) is 8.87. The van der Waals surface area contributed by atoms with Gasteiger partial charge in [0.15, 0.2) is 0 Å². The molecule has 0 spiro atoms. The number of rotatable bonds is 6. The molecule has 0 amide bonds. The van der Waals surface area contributed by atoms with Gasteiger partial charge in [-0.05, 0) is 37.5 Å². The molecule has 0 aromatic heterocycles. The van der Waals surface area contributed by atoms with Gasteiger partial charge >= 0.3 is 0 Å². The van der Waals surface area contributed by atoms with Crippen molar-refractivity contribution in [2.45, 2.75) is 31.9 Å². The smallest absolute Gasteiger partial charge is 0.0761 e. The first kappa shape index (κ1) is 12.4. The highest BCUT2D eigenvalue weighted by molar-refractivity contribution is 5.50. The van der Waals surface area contributed by atoms with Crippen LogP contribution in [0.2, 0.25) is 0 Å². The minimum absolute atomic E-state index is 0.391. The standard InChI is InChI=1S/C14H21NO2/c1-11(16)12-3-5-13(6-4-12)15(9-10-17-2)14-7-8-14/h3-6,11,14,16H,7-10H2,1-2H3/t11-/m1/s1. The largest absolute Gasteiger partial charge is 0.389 e. The molecule has 2 rings (SSSR count). The van der Waals surface area contributed by atoms with Crippen molar-refractivity contribution in [1.82, 2.24) is 0 Å². The van der Waals surface area contributed by atoms with Crippen LogP contribution in [-0.4, -0.2) is 31.4 Å². The fourth-order valence-electron chi connectivity index (χ4n) is 2.04. The van der Waals surface area contributed by atoms with Crippen LogP contribution in [0.5, 0.6) is 0 Å². The zero-order chi connectivity index (χ0) is 12.3. The molecule has 1 saturated carbocycles. The van der Waals surface area contributed by atoms with E-state index in [1.165, 1.54) is 18.5 Å². The van der Waals surface area contributed by atoms with E-state index in [1.807, 2.05) is 12.1 Å². The maximum atomic E-state index is 9.48. The Labute approximate surface area is 103 Å². The Bertz CT molecular complexity index is 344. The molecule has 94 valence electrons. The average Bonchev–Trinajstić information content (AvgIpc) is 3.14. The number of methoxy groups -OCH3 is 1. The Morgan fingerprint density at radius 1 is 1.35 bits per heavy atom. The Hall–Kier alpha value is -1.06. The van der Waals surface area contributed by atoms with Crippen LogP contribution in [0, 0.1) is 0 Å². The number of hydrogen-bond acceptors (Lipinski definition) is 3. The quantitative estimate of drug-likeness (QED) is 0.821. The van der Waals surface area contributed by atoms with Gasteiger partial charge in [-0.15, -0.1) is 0 Å².